The number of hydrogen-bond donors (Lipinski definition) is 3. The number of nitrogens with one attached hydrogen (secondary N) is 2. The van der Waals surface area contributed by atoms with Crippen molar-refractivity contribution >= 4 is 63.3 Å². The molecule has 3 aromatic carbocycles. The first-order valence-electron chi connectivity index (χ1n) is 11.5. The van der Waals surface area contributed by atoms with Crippen molar-refractivity contribution in [2.45, 2.75) is 32.4 Å². The van der Waals surface area contributed by atoms with Crippen LogP contribution in [0.2, 0.25) is 20.1 Å². The minimum Gasteiger partial charge on any atom is -0.478 e. The van der Waals surface area contributed by atoms with E-state index in [1.54, 1.807) is 25.4 Å². The Kier molecular flexibility index (Phi) is 10.3. The second-order valence-corrected chi connectivity index (χ2v) is 10.6. The Balaban J connectivity index is 0.000000244. The number of halogens is 4. The standard InChI is InChI=1S/C19H22Cl3NO.C9H6ClNO2/c1-19(2,24-3)15-6-4-14(11-17(15)21)12-23-9-8-13-5-7-16(20)18(22)10-13;10-6-3-5-1-2-11-8(5)7(4-6)9(12)13/h4-7,10-11,23H,8-9,12H2,1-3H3;1-4,11H,(H,12,13). The van der Waals surface area contributed by atoms with Gasteiger partial charge < -0.3 is 20.1 Å². The number of carbonyl (C=O) groups is 1. The van der Waals surface area contributed by atoms with Gasteiger partial charge >= 0.3 is 5.97 Å². The highest BCUT2D eigenvalue weighted by Gasteiger charge is 2.22. The molecule has 4 aromatic rings. The van der Waals surface area contributed by atoms with Crippen molar-refractivity contribution in [2.24, 2.45) is 0 Å². The number of fused-ring (bicyclic) bond motifs is 1. The van der Waals surface area contributed by atoms with Crippen molar-refractivity contribution in [2.75, 3.05) is 13.7 Å². The van der Waals surface area contributed by atoms with Crippen LogP contribution in [0.15, 0.2) is 60.8 Å². The molecule has 0 saturated heterocycles. The smallest absolute Gasteiger partial charge is 0.337 e. The zero-order valence-corrected chi connectivity index (χ0v) is 23.7. The molecule has 0 aliphatic rings. The number of H-pyrrole nitrogens is 1. The van der Waals surface area contributed by atoms with Crippen LogP contribution >= 0.6 is 46.4 Å². The molecule has 1 aromatic heterocycles. The van der Waals surface area contributed by atoms with Crippen LogP contribution in [0.4, 0.5) is 0 Å². The molecule has 0 spiro atoms. The quantitative estimate of drug-likeness (QED) is 0.183. The first kappa shape index (κ1) is 29.3. The Bertz CT molecular complexity index is 1390. The molecule has 196 valence electrons. The summed E-state index contributed by atoms with van der Waals surface area (Å²) in [5.74, 6) is -0.977. The Morgan fingerprint density at radius 3 is 2.30 bits per heavy atom. The van der Waals surface area contributed by atoms with Crippen molar-refractivity contribution in [1.82, 2.24) is 10.3 Å². The monoisotopic (exact) mass is 580 g/mol. The van der Waals surface area contributed by atoms with Gasteiger partial charge in [0, 0.05) is 40.8 Å². The van der Waals surface area contributed by atoms with Crippen LogP contribution in [0, 0.1) is 0 Å². The molecule has 5 nitrogen and oxygen atoms in total. The molecule has 0 unspecified atom stereocenters. The maximum Gasteiger partial charge on any atom is 0.337 e. The Morgan fingerprint density at radius 1 is 0.946 bits per heavy atom. The van der Waals surface area contributed by atoms with Gasteiger partial charge in [-0.05, 0) is 74.3 Å². The van der Waals surface area contributed by atoms with Crippen molar-refractivity contribution in [1.29, 1.82) is 0 Å². The fraction of sp³-hybridized carbons (Fsp3) is 0.250. The third-order valence-corrected chi connectivity index (χ3v) is 7.22. The number of aromatic amines is 1. The van der Waals surface area contributed by atoms with Crippen LogP contribution < -0.4 is 5.32 Å². The first-order chi connectivity index (χ1) is 17.5. The van der Waals surface area contributed by atoms with Gasteiger partial charge in [0.15, 0.2) is 0 Å². The maximum absolute atomic E-state index is 10.8. The predicted molar refractivity (Wildman–Crippen MR) is 154 cm³/mol. The Labute approximate surface area is 236 Å². The van der Waals surface area contributed by atoms with Gasteiger partial charge in [0.25, 0.3) is 0 Å². The number of hydrogen-bond acceptors (Lipinski definition) is 3. The summed E-state index contributed by atoms with van der Waals surface area (Å²) in [6.45, 7) is 5.61. The van der Waals surface area contributed by atoms with Gasteiger partial charge in [0.1, 0.15) is 0 Å². The first-order valence-corrected chi connectivity index (χ1v) is 13.0. The molecule has 37 heavy (non-hydrogen) atoms. The van der Waals surface area contributed by atoms with Gasteiger partial charge in [-0.15, -0.1) is 0 Å². The molecular weight excluding hydrogens is 554 g/mol. The van der Waals surface area contributed by atoms with Crippen molar-refractivity contribution in [3.8, 4) is 0 Å². The molecule has 0 bridgehead atoms. The van der Waals surface area contributed by atoms with E-state index in [-0.39, 0.29) is 5.56 Å². The van der Waals surface area contributed by atoms with Crippen LogP contribution in [0.3, 0.4) is 0 Å². The number of carboxylic acid groups (broad SMARTS) is 1. The molecule has 0 radical (unpaired) electrons. The normalized spacial score (nSPS) is 11.3. The minimum absolute atomic E-state index is 0.201. The summed E-state index contributed by atoms with van der Waals surface area (Å²) < 4.78 is 5.49. The molecule has 4 rings (SSSR count). The lowest BCUT2D eigenvalue weighted by Crippen LogP contribution is -2.20. The summed E-state index contributed by atoms with van der Waals surface area (Å²) in [4.78, 5) is 13.6. The number of ether oxygens (including phenoxy) is 1. The van der Waals surface area contributed by atoms with Crippen LogP contribution in [-0.4, -0.2) is 29.7 Å². The molecule has 0 aliphatic heterocycles. The van der Waals surface area contributed by atoms with Crippen molar-refractivity contribution < 1.29 is 14.6 Å². The number of aromatic nitrogens is 1. The van der Waals surface area contributed by atoms with E-state index in [9.17, 15) is 4.79 Å². The zero-order chi connectivity index (χ0) is 27.2. The van der Waals surface area contributed by atoms with Crippen molar-refractivity contribution in [3.05, 3.63) is 103 Å². The van der Waals surface area contributed by atoms with E-state index in [1.807, 2.05) is 44.2 Å². The molecule has 3 N–H and O–H groups in total. The van der Waals surface area contributed by atoms with Gasteiger partial charge in [-0.25, -0.2) is 4.79 Å². The average Bonchev–Trinajstić information content (AvgIpc) is 3.32. The summed E-state index contributed by atoms with van der Waals surface area (Å²) in [5, 5.41) is 15.4. The van der Waals surface area contributed by atoms with E-state index in [0.29, 0.717) is 20.6 Å². The van der Waals surface area contributed by atoms with Gasteiger partial charge in [-0.2, -0.15) is 0 Å². The lowest BCUT2D eigenvalue weighted by atomic mass is 9.97. The van der Waals surface area contributed by atoms with Gasteiger partial charge in [-0.1, -0.05) is 64.6 Å². The maximum atomic E-state index is 10.8. The lowest BCUT2D eigenvalue weighted by Gasteiger charge is -2.25. The topological polar surface area (TPSA) is 74.3 Å². The molecule has 0 fully saturated rings. The van der Waals surface area contributed by atoms with Crippen LogP contribution in [0.1, 0.15) is 40.9 Å². The van der Waals surface area contributed by atoms with E-state index in [1.165, 1.54) is 6.07 Å². The van der Waals surface area contributed by atoms with Gasteiger partial charge in [-0.3, -0.25) is 0 Å². The van der Waals surface area contributed by atoms with E-state index in [4.69, 9.17) is 56.2 Å². The summed E-state index contributed by atoms with van der Waals surface area (Å²) >= 11 is 24.1. The molecule has 0 aliphatic carbocycles. The number of benzene rings is 3. The molecule has 1 heterocycles. The highest BCUT2D eigenvalue weighted by atomic mass is 35.5. The SMILES string of the molecule is COC(C)(C)c1ccc(CNCCc2ccc(Cl)c(Cl)c2)cc1Cl.O=C(O)c1cc(Cl)cc2cc[nH]c12. The lowest BCUT2D eigenvalue weighted by molar-refractivity contribution is 0.0193. The predicted octanol–water partition coefficient (Wildman–Crippen LogP) is 8.38. The third-order valence-electron chi connectivity index (χ3n) is 5.95. The number of aromatic carboxylic acids is 1. The van der Waals surface area contributed by atoms with E-state index < -0.39 is 11.6 Å². The Morgan fingerprint density at radius 2 is 1.65 bits per heavy atom. The molecule has 0 amide bonds. The largest absolute Gasteiger partial charge is 0.478 e. The summed E-state index contributed by atoms with van der Waals surface area (Å²) in [6.07, 6.45) is 2.58. The fourth-order valence-corrected chi connectivity index (χ4v) is 4.71. The second kappa shape index (κ2) is 13.0. The highest BCUT2D eigenvalue weighted by molar-refractivity contribution is 6.42. The minimum atomic E-state index is -0.977. The fourth-order valence-electron chi connectivity index (χ4n) is 3.73. The van der Waals surface area contributed by atoms with E-state index in [2.05, 4.69) is 16.4 Å². The zero-order valence-electron chi connectivity index (χ0n) is 20.7. The molecule has 0 saturated carbocycles. The number of rotatable bonds is 8. The summed E-state index contributed by atoms with van der Waals surface area (Å²) in [7, 11) is 1.69. The van der Waals surface area contributed by atoms with E-state index >= 15 is 0 Å². The second-order valence-electron chi connectivity index (χ2n) is 8.90. The van der Waals surface area contributed by atoms with Crippen molar-refractivity contribution in [3.63, 3.8) is 0 Å². The van der Waals surface area contributed by atoms with Crippen LogP contribution in [0.5, 0.6) is 0 Å². The van der Waals surface area contributed by atoms with Gasteiger partial charge in [0.2, 0.25) is 0 Å². The molecule has 0 atom stereocenters. The van der Waals surface area contributed by atoms with Crippen LogP contribution in [0.25, 0.3) is 10.9 Å². The molecular formula is C28H28Cl4N2O3. The average molecular weight is 582 g/mol. The highest BCUT2D eigenvalue weighted by Crippen LogP contribution is 2.31. The van der Waals surface area contributed by atoms with E-state index in [0.717, 1.165) is 46.6 Å². The summed E-state index contributed by atoms with van der Waals surface area (Å²) in [5.41, 5.74) is 3.71. The summed E-state index contributed by atoms with van der Waals surface area (Å²) in [6, 6.07) is 16.8. The molecule has 9 heteroatoms. The Hall–Kier alpha value is -2.25. The van der Waals surface area contributed by atoms with Gasteiger partial charge in [0.05, 0.1) is 26.7 Å². The third kappa shape index (κ3) is 7.87. The number of methoxy groups -OCH3 is 1. The van der Waals surface area contributed by atoms with Crippen LogP contribution in [-0.2, 0) is 23.3 Å². The number of carboxylic acids is 1.